The van der Waals surface area contributed by atoms with Crippen LogP contribution in [0.1, 0.15) is 45.1 Å². The van der Waals surface area contributed by atoms with Gasteiger partial charge in [-0.2, -0.15) is 0 Å². The molecule has 0 radical (unpaired) electrons. The van der Waals surface area contributed by atoms with Crippen molar-refractivity contribution in [3.63, 3.8) is 0 Å². The zero-order valence-corrected chi connectivity index (χ0v) is 16.7. The van der Waals surface area contributed by atoms with Gasteiger partial charge in [-0.1, -0.05) is 19.9 Å². The van der Waals surface area contributed by atoms with Gasteiger partial charge in [0.15, 0.2) is 11.5 Å². The number of carbonyl (C=O) groups is 1. The molecule has 1 aliphatic heterocycles. The largest absolute Gasteiger partial charge is 0.493 e. The molecule has 1 unspecified atom stereocenters. The zero-order valence-electron chi connectivity index (χ0n) is 16.7. The van der Waals surface area contributed by atoms with Crippen LogP contribution in [-0.2, 0) is 4.79 Å². The van der Waals surface area contributed by atoms with E-state index < -0.39 is 18.1 Å². The normalized spacial score (nSPS) is 27.3. The molecule has 1 amide bonds. The van der Waals surface area contributed by atoms with Crippen LogP contribution in [0, 0.1) is 10.8 Å². The van der Waals surface area contributed by atoms with Crippen LogP contribution in [0.25, 0.3) is 0 Å². The maximum absolute atomic E-state index is 12.0. The molecule has 6 heteroatoms. The Bertz CT molecular complexity index is 700. The van der Waals surface area contributed by atoms with Crippen molar-refractivity contribution in [1.82, 2.24) is 4.90 Å². The van der Waals surface area contributed by atoms with E-state index in [0.717, 1.165) is 5.56 Å². The van der Waals surface area contributed by atoms with Crippen LogP contribution >= 0.6 is 0 Å². The molecule has 1 saturated carbocycles. The van der Waals surface area contributed by atoms with E-state index in [1.807, 2.05) is 25.1 Å². The molecule has 0 spiro atoms. The van der Waals surface area contributed by atoms with Crippen LogP contribution in [0.15, 0.2) is 18.2 Å². The van der Waals surface area contributed by atoms with Gasteiger partial charge in [0.05, 0.1) is 19.8 Å². The summed E-state index contributed by atoms with van der Waals surface area (Å²) in [6, 6.07) is 5.84. The Hall–Kier alpha value is -1.79. The number of aliphatic hydroxyl groups excluding tert-OH is 2. The Labute approximate surface area is 161 Å². The van der Waals surface area contributed by atoms with Crippen LogP contribution < -0.4 is 9.47 Å². The monoisotopic (exact) mass is 377 g/mol. The van der Waals surface area contributed by atoms with E-state index in [-0.39, 0.29) is 17.2 Å². The number of hydrogen-bond donors (Lipinski definition) is 2. The summed E-state index contributed by atoms with van der Waals surface area (Å²) in [5.74, 6) is 1.01. The molecule has 3 atom stereocenters. The fourth-order valence-corrected chi connectivity index (χ4v) is 3.85. The van der Waals surface area contributed by atoms with E-state index in [1.165, 1.54) is 12.8 Å². The van der Waals surface area contributed by atoms with Crippen LogP contribution in [0.2, 0.25) is 0 Å². The first-order chi connectivity index (χ1) is 12.7. The highest BCUT2D eigenvalue weighted by molar-refractivity contribution is 5.77. The van der Waals surface area contributed by atoms with E-state index in [9.17, 15) is 15.0 Å². The molecule has 3 rings (SSSR count). The third-order valence-electron chi connectivity index (χ3n) is 6.44. The fraction of sp³-hybridized carbons (Fsp3) is 0.667. The van der Waals surface area contributed by atoms with Crippen molar-refractivity contribution in [2.45, 2.75) is 45.6 Å². The average Bonchev–Trinajstić information content (AvgIpc) is 3.28. The highest BCUT2D eigenvalue weighted by Crippen LogP contribution is 2.48. The predicted octanol–water partition coefficient (Wildman–Crippen LogP) is 2.18. The van der Waals surface area contributed by atoms with Crippen molar-refractivity contribution in [3.05, 3.63) is 23.8 Å². The number of methoxy groups -OCH3 is 1. The molecule has 27 heavy (non-hydrogen) atoms. The Kier molecular flexibility index (Phi) is 5.41. The summed E-state index contributed by atoms with van der Waals surface area (Å²) < 4.78 is 11.5. The first-order valence-electron chi connectivity index (χ1n) is 9.60. The number of carbonyl (C=O) groups excluding carboxylic acids is 1. The summed E-state index contributed by atoms with van der Waals surface area (Å²) >= 11 is 0. The van der Waals surface area contributed by atoms with Gasteiger partial charge in [-0.15, -0.1) is 0 Å². The second-order valence-corrected chi connectivity index (χ2v) is 8.68. The molecule has 0 bridgehead atoms. The lowest BCUT2D eigenvalue weighted by molar-refractivity contribution is -0.133. The van der Waals surface area contributed by atoms with Gasteiger partial charge in [0.1, 0.15) is 6.61 Å². The van der Waals surface area contributed by atoms with Crippen molar-refractivity contribution in [1.29, 1.82) is 0 Å². The molecular formula is C21H31NO5. The molecule has 1 saturated heterocycles. The van der Waals surface area contributed by atoms with Gasteiger partial charge in [0, 0.05) is 29.8 Å². The molecule has 0 aromatic heterocycles. The highest BCUT2D eigenvalue weighted by Gasteiger charge is 2.48. The lowest BCUT2D eigenvalue weighted by Crippen LogP contribution is -2.38. The molecule has 6 nitrogen and oxygen atoms in total. The van der Waals surface area contributed by atoms with Crippen LogP contribution in [-0.4, -0.2) is 60.5 Å². The standard InChI is InChI=1S/C21H31NO5/c1-14(24)21(3)12-22(19(25)11-23)10-16(21)15-5-6-17(26-4)18(9-15)27-13-20(2)7-8-20/h5-6,9,14,16,23-24H,7-8,10-13H2,1-4H3/t14-,16?,21-/m1/s1. The number of likely N-dealkylation sites (tertiary alicyclic amines) is 1. The summed E-state index contributed by atoms with van der Waals surface area (Å²) in [4.78, 5) is 13.7. The lowest BCUT2D eigenvalue weighted by Gasteiger charge is -2.33. The van der Waals surface area contributed by atoms with Crippen molar-refractivity contribution in [2.24, 2.45) is 10.8 Å². The van der Waals surface area contributed by atoms with Crippen molar-refractivity contribution in [3.8, 4) is 11.5 Å². The van der Waals surface area contributed by atoms with Gasteiger partial charge in [0.25, 0.3) is 0 Å². The fourth-order valence-electron chi connectivity index (χ4n) is 3.85. The van der Waals surface area contributed by atoms with Gasteiger partial charge in [-0.05, 0) is 37.5 Å². The number of hydrogen-bond acceptors (Lipinski definition) is 5. The first kappa shape index (κ1) is 20.0. The summed E-state index contributed by atoms with van der Waals surface area (Å²) in [6.45, 7) is 6.97. The highest BCUT2D eigenvalue weighted by atomic mass is 16.5. The van der Waals surface area contributed by atoms with E-state index in [0.29, 0.717) is 31.2 Å². The van der Waals surface area contributed by atoms with E-state index in [1.54, 1.807) is 18.9 Å². The Balaban J connectivity index is 1.89. The lowest BCUT2D eigenvalue weighted by atomic mass is 9.72. The van der Waals surface area contributed by atoms with Gasteiger partial charge in [0.2, 0.25) is 5.91 Å². The number of nitrogens with zero attached hydrogens (tertiary/aromatic N) is 1. The molecule has 150 valence electrons. The second-order valence-electron chi connectivity index (χ2n) is 8.68. The molecule has 1 aromatic rings. The summed E-state index contributed by atoms with van der Waals surface area (Å²) in [6.07, 6.45) is 1.75. The zero-order chi connectivity index (χ0) is 19.8. The Morgan fingerprint density at radius 1 is 1.33 bits per heavy atom. The number of ether oxygens (including phenoxy) is 2. The topological polar surface area (TPSA) is 79.2 Å². The molecular weight excluding hydrogens is 346 g/mol. The van der Waals surface area contributed by atoms with Gasteiger partial charge in [-0.3, -0.25) is 4.79 Å². The predicted molar refractivity (Wildman–Crippen MR) is 102 cm³/mol. The maximum atomic E-state index is 12.0. The summed E-state index contributed by atoms with van der Waals surface area (Å²) in [7, 11) is 1.62. The molecule has 1 aliphatic carbocycles. The Morgan fingerprint density at radius 2 is 2.04 bits per heavy atom. The van der Waals surface area contributed by atoms with E-state index in [2.05, 4.69) is 6.92 Å². The second kappa shape index (κ2) is 7.32. The van der Waals surface area contributed by atoms with Crippen LogP contribution in [0.5, 0.6) is 11.5 Å². The summed E-state index contributed by atoms with van der Waals surface area (Å²) in [5.41, 5.74) is 0.759. The van der Waals surface area contributed by atoms with Crippen LogP contribution in [0.3, 0.4) is 0 Å². The quantitative estimate of drug-likeness (QED) is 0.761. The third kappa shape index (κ3) is 3.92. The van der Waals surface area contributed by atoms with Crippen molar-refractivity contribution in [2.75, 3.05) is 33.4 Å². The average molecular weight is 377 g/mol. The smallest absolute Gasteiger partial charge is 0.248 e. The van der Waals surface area contributed by atoms with Crippen molar-refractivity contribution < 1.29 is 24.5 Å². The molecule has 1 aromatic carbocycles. The molecule has 2 aliphatic rings. The maximum Gasteiger partial charge on any atom is 0.248 e. The third-order valence-corrected chi connectivity index (χ3v) is 6.44. The van der Waals surface area contributed by atoms with Gasteiger partial charge >= 0.3 is 0 Å². The van der Waals surface area contributed by atoms with Gasteiger partial charge < -0.3 is 24.6 Å². The molecule has 1 heterocycles. The first-order valence-corrected chi connectivity index (χ1v) is 9.60. The minimum Gasteiger partial charge on any atom is -0.493 e. The van der Waals surface area contributed by atoms with Crippen molar-refractivity contribution >= 4 is 5.91 Å². The molecule has 2 N–H and O–H groups in total. The molecule has 2 fully saturated rings. The number of benzene rings is 1. The number of aliphatic hydroxyl groups is 2. The van der Waals surface area contributed by atoms with Gasteiger partial charge in [-0.25, -0.2) is 0 Å². The number of rotatable bonds is 7. The summed E-state index contributed by atoms with van der Waals surface area (Å²) in [5, 5.41) is 19.7. The minimum atomic E-state index is -0.601. The van der Waals surface area contributed by atoms with E-state index in [4.69, 9.17) is 9.47 Å². The SMILES string of the molecule is COc1ccc(C2CN(C(=O)CO)C[C@]2(C)[C@@H](C)O)cc1OCC1(C)CC1. The van der Waals surface area contributed by atoms with Crippen LogP contribution in [0.4, 0.5) is 0 Å². The van der Waals surface area contributed by atoms with E-state index >= 15 is 0 Å². The Morgan fingerprint density at radius 3 is 2.59 bits per heavy atom. The minimum absolute atomic E-state index is 0.0576. The number of amides is 1.